The maximum Gasteiger partial charge on any atom is 0.246 e. The molecule has 1 heterocycles. The molecule has 2 aromatic carbocycles. The van der Waals surface area contributed by atoms with Gasteiger partial charge in [0.1, 0.15) is 6.54 Å². The van der Waals surface area contributed by atoms with Crippen molar-refractivity contribution >= 4 is 34.1 Å². The van der Waals surface area contributed by atoms with Gasteiger partial charge in [-0.2, -0.15) is 5.10 Å². The molecule has 3 rings (SSSR count). The molecule has 5 nitrogen and oxygen atoms in total. The number of anilines is 1. The van der Waals surface area contributed by atoms with E-state index < -0.39 is 0 Å². The third kappa shape index (κ3) is 2.99. The van der Waals surface area contributed by atoms with Crippen LogP contribution in [0.1, 0.15) is 0 Å². The van der Waals surface area contributed by atoms with E-state index in [0.717, 1.165) is 0 Å². The lowest BCUT2D eigenvalue weighted by Crippen LogP contribution is -2.22. The lowest BCUT2D eigenvalue weighted by Gasteiger charge is -2.10. The van der Waals surface area contributed by atoms with E-state index in [1.54, 1.807) is 48.5 Å². The van der Waals surface area contributed by atoms with Crippen LogP contribution in [0.4, 0.5) is 5.69 Å². The van der Waals surface area contributed by atoms with Crippen molar-refractivity contribution in [3.05, 3.63) is 70.0 Å². The third-order valence-corrected chi connectivity index (χ3v) is 3.40. The van der Waals surface area contributed by atoms with E-state index in [1.807, 2.05) is 0 Å². The topological polar surface area (TPSA) is 64.0 Å². The number of rotatable bonds is 3. The lowest BCUT2D eigenvalue weighted by molar-refractivity contribution is -0.116. The highest BCUT2D eigenvalue weighted by atomic mass is 35.5. The molecule has 110 valence electrons. The van der Waals surface area contributed by atoms with Crippen molar-refractivity contribution in [1.82, 2.24) is 9.78 Å². The van der Waals surface area contributed by atoms with Crippen molar-refractivity contribution in [2.24, 2.45) is 0 Å². The fourth-order valence-corrected chi connectivity index (χ4v) is 2.38. The fraction of sp³-hybridized carbons (Fsp3) is 0.0625. The average molecular weight is 314 g/mol. The van der Waals surface area contributed by atoms with Crippen LogP contribution in [0, 0.1) is 0 Å². The van der Waals surface area contributed by atoms with Crippen molar-refractivity contribution in [1.29, 1.82) is 0 Å². The van der Waals surface area contributed by atoms with Crippen molar-refractivity contribution in [3.63, 3.8) is 0 Å². The molecule has 1 aromatic heterocycles. The summed E-state index contributed by atoms with van der Waals surface area (Å²) in [6, 6.07) is 14.0. The molecule has 0 unspecified atom stereocenters. The van der Waals surface area contributed by atoms with Gasteiger partial charge in [0.05, 0.1) is 11.7 Å². The molecule has 6 heteroatoms. The van der Waals surface area contributed by atoms with Crippen molar-refractivity contribution < 1.29 is 4.79 Å². The molecule has 0 aliphatic carbocycles. The van der Waals surface area contributed by atoms with E-state index in [-0.39, 0.29) is 17.9 Å². The van der Waals surface area contributed by atoms with Crippen LogP contribution in [0.3, 0.4) is 0 Å². The summed E-state index contributed by atoms with van der Waals surface area (Å²) >= 11 is 5.88. The summed E-state index contributed by atoms with van der Waals surface area (Å²) in [7, 11) is 0. The Bertz CT molecular complexity index is 905. The smallest absolute Gasteiger partial charge is 0.246 e. The van der Waals surface area contributed by atoms with Crippen molar-refractivity contribution in [3.8, 4) is 0 Å². The van der Waals surface area contributed by atoms with Gasteiger partial charge >= 0.3 is 0 Å². The predicted molar refractivity (Wildman–Crippen MR) is 86.1 cm³/mol. The third-order valence-electron chi connectivity index (χ3n) is 3.16. The van der Waals surface area contributed by atoms with Gasteiger partial charge in [0.25, 0.3) is 0 Å². The molecular formula is C16H12ClN3O2. The maximum atomic E-state index is 12.1. The number of amides is 1. The molecule has 0 atom stereocenters. The van der Waals surface area contributed by atoms with Crippen molar-refractivity contribution in [2.45, 2.75) is 6.54 Å². The number of benzene rings is 2. The number of carbonyl (C=O) groups is 1. The van der Waals surface area contributed by atoms with Gasteiger partial charge in [0.2, 0.25) is 11.3 Å². The molecule has 0 aliphatic rings. The molecule has 22 heavy (non-hydrogen) atoms. The second-order valence-electron chi connectivity index (χ2n) is 4.74. The number of para-hydroxylation sites is 1. The van der Waals surface area contributed by atoms with Crippen LogP contribution >= 0.6 is 11.6 Å². The van der Waals surface area contributed by atoms with Gasteiger partial charge in [-0.15, -0.1) is 0 Å². The second-order valence-corrected chi connectivity index (χ2v) is 5.18. The molecule has 0 aliphatic heterocycles. The maximum absolute atomic E-state index is 12.1. The largest absolute Gasteiger partial charge is 0.324 e. The van der Waals surface area contributed by atoms with Crippen LogP contribution in [-0.4, -0.2) is 15.7 Å². The zero-order valence-corrected chi connectivity index (χ0v) is 12.2. The van der Waals surface area contributed by atoms with Crippen LogP contribution in [-0.2, 0) is 11.3 Å². The normalized spacial score (nSPS) is 10.6. The first kappa shape index (κ1) is 14.3. The number of nitrogens with zero attached hydrogens (tertiary/aromatic N) is 2. The molecule has 1 N–H and O–H groups in total. The van der Waals surface area contributed by atoms with E-state index in [1.165, 1.54) is 10.9 Å². The van der Waals surface area contributed by atoms with E-state index >= 15 is 0 Å². The predicted octanol–water partition coefficient (Wildman–Crippen LogP) is 2.69. The Morgan fingerprint density at radius 2 is 2.00 bits per heavy atom. The van der Waals surface area contributed by atoms with Crippen LogP contribution in [0.2, 0.25) is 5.02 Å². The first-order valence-electron chi connectivity index (χ1n) is 6.64. The van der Waals surface area contributed by atoms with Gasteiger partial charge in [-0.05, 0) is 30.3 Å². The molecule has 0 fully saturated rings. The molecule has 0 radical (unpaired) electrons. The number of halogens is 1. The molecule has 0 spiro atoms. The van der Waals surface area contributed by atoms with Gasteiger partial charge < -0.3 is 5.32 Å². The van der Waals surface area contributed by atoms with E-state index in [2.05, 4.69) is 10.4 Å². The summed E-state index contributed by atoms with van der Waals surface area (Å²) < 4.78 is 1.50. The Kier molecular flexibility index (Phi) is 3.89. The van der Waals surface area contributed by atoms with Gasteiger partial charge in [-0.1, -0.05) is 29.8 Å². The Hall–Kier alpha value is -2.66. The molecular weight excluding hydrogens is 302 g/mol. The van der Waals surface area contributed by atoms with E-state index in [9.17, 15) is 9.59 Å². The summed E-state index contributed by atoms with van der Waals surface area (Å²) in [6.07, 6.45) is 1.22. The summed E-state index contributed by atoms with van der Waals surface area (Å²) in [5, 5.41) is 7.85. The molecule has 1 amide bonds. The number of fused-ring (bicyclic) bond motifs is 1. The molecule has 0 saturated carbocycles. The molecule has 0 saturated heterocycles. The highest BCUT2D eigenvalue weighted by molar-refractivity contribution is 6.30. The number of carbonyl (C=O) groups excluding carboxylic acids is 1. The SMILES string of the molecule is O=C(Cn1ncc(=O)c2ccccc21)Nc1cccc(Cl)c1. The Balaban J connectivity index is 1.86. The zero-order chi connectivity index (χ0) is 15.5. The Labute approximate surface area is 131 Å². The first-order valence-corrected chi connectivity index (χ1v) is 7.01. The number of nitrogens with one attached hydrogen (secondary N) is 1. The highest BCUT2D eigenvalue weighted by Crippen LogP contribution is 2.15. The highest BCUT2D eigenvalue weighted by Gasteiger charge is 2.08. The number of hydrogen-bond acceptors (Lipinski definition) is 3. The van der Waals surface area contributed by atoms with Gasteiger partial charge in [0.15, 0.2) is 0 Å². The monoisotopic (exact) mass is 313 g/mol. The molecule has 3 aromatic rings. The number of hydrogen-bond donors (Lipinski definition) is 1. The van der Waals surface area contributed by atoms with Crippen LogP contribution in [0.25, 0.3) is 10.9 Å². The minimum Gasteiger partial charge on any atom is -0.324 e. The fourth-order valence-electron chi connectivity index (χ4n) is 2.19. The summed E-state index contributed by atoms with van der Waals surface area (Å²) in [5.74, 6) is -0.247. The van der Waals surface area contributed by atoms with Gasteiger partial charge in [-0.25, -0.2) is 0 Å². The minimum atomic E-state index is -0.247. The molecule has 0 bridgehead atoms. The standard InChI is InChI=1S/C16H12ClN3O2/c17-11-4-3-5-12(8-11)19-16(22)10-20-14-7-2-1-6-13(14)15(21)9-18-20/h1-9H,10H2,(H,19,22). The van der Waals surface area contributed by atoms with Crippen molar-refractivity contribution in [2.75, 3.05) is 5.32 Å². The van der Waals surface area contributed by atoms with Crippen LogP contribution in [0.5, 0.6) is 0 Å². The van der Waals surface area contributed by atoms with E-state index in [4.69, 9.17) is 11.6 Å². The van der Waals surface area contributed by atoms with Gasteiger partial charge in [0, 0.05) is 16.1 Å². The zero-order valence-electron chi connectivity index (χ0n) is 11.5. The Morgan fingerprint density at radius 3 is 2.82 bits per heavy atom. The summed E-state index contributed by atoms with van der Waals surface area (Å²) in [6.45, 7) is 0.00725. The quantitative estimate of drug-likeness (QED) is 0.808. The average Bonchev–Trinajstić information content (AvgIpc) is 2.50. The van der Waals surface area contributed by atoms with E-state index in [0.29, 0.717) is 21.6 Å². The minimum absolute atomic E-state index is 0.00725. The summed E-state index contributed by atoms with van der Waals surface area (Å²) in [5.41, 5.74) is 1.07. The second kappa shape index (κ2) is 5.99. The number of aromatic nitrogens is 2. The Morgan fingerprint density at radius 1 is 1.18 bits per heavy atom. The van der Waals surface area contributed by atoms with Crippen LogP contribution < -0.4 is 10.7 Å². The lowest BCUT2D eigenvalue weighted by atomic mass is 10.2. The first-order chi connectivity index (χ1) is 10.6. The summed E-state index contributed by atoms with van der Waals surface area (Å²) in [4.78, 5) is 23.9. The van der Waals surface area contributed by atoms with Gasteiger partial charge in [-0.3, -0.25) is 14.3 Å². The van der Waals surface area contributed by atoms with Crippen LogP contribution in [0.15, 0.2) is 59.5 Å².